The van der Waals surface area contributed by atoms with Crippen LogP contribution in [0, 0.1) is 0 Å². The summed E-state index contributed by atoms with van der Waals surface area (Å²) in [7, 11) is -2.64. The van der Waals surface area contributed by atoms with Gasteiger partial charge in [0.15, 0.2) is 5.82 Å². The van der Waals surface area contributed by atoms with E-state index in [-0.39, 0.29) is 44.6 Å². The van der Waals surface area contributed by atoms with E-state index in [1.807, 2.05) is 42.2 Å². The molecule has 0 radical (unpaired) electrons. The molecule has 1 unspecified atom stereocenters. The summed E-state index contributed by atoms with van der Waals surface area (Å²) in [6, 6.07) is 9.25. The average molecular weight is 635 g/mol. The third-order valence-corrected chi connectivity index (χ3v) is 8.76. The van der Waals surface area contributed by atoms with E-state index in [2.05, 4.69) is 15.1 Å². The molecule has 2 fully saturated rings. The first-order chi connectivity index (χ1) is 21.1. The standard InChI is InChI=1S/C28H39N6O9P/c1-3-4-16-42-44(39,40)19-23(27(36)32-12-14-34(15-13-32)43-28(37)38)30-26(35)22-17-24(33-11-10-21(18-33)41-2)31-25(29-22)20-8-6-5-7-9-20/h5-9,17,21,23H,3-4,10-16,18-19H2,1-2H3,(H,30,35)(H,37,38)(H,39,40)/t21-,23-/m0/s1. The number of carbonyl (C=O) groups is 3. The van der Waals surface area contributed by atoms with Gasteiger partial charge in [0.1, 0.15) is 17.6 Å². The predicted octanol–water partition coefficient (Wildman–Crippen LogP) is 2.22. The van der Waals surface area contributed by atoms with Crippen molar-refractivity contribution < 1.29 is 43.0 Å². The maximum absolute atomic E-state index is 13.7. The molecule has 2 aliphatic rings. The number of unbranched alkanes of at least 4 members (excludes halogenated alkanes) is 1. The summed E-state index contributed by atoms with van der Waals surface area (Å²) in [5.41, 5.74) is 0.663. The number of amides is 2. The third-order valence-electron chi connectivity index (χ3n) is 7.34. The van der Waals surface area contributed by atoms with E-state index in [1.54, 1.807) is 7.11 Å². The maximum atomic E-state index is 13.7. The summed E-state index contributed by atoms with van der Waals surface area (Å²) < 4.78 is 23.7. The molecule has 0 saturated carbocycles. The topological polar surface area (TPSA) is 184 Å². The largest absolute Gasteiger partial charge is 0.525 e. The van der Waals surface area contributed by atoms with Crippen molar-refractivity contribution in [3.8, 4) is 11.4 Å². The van der Waals surface area contributed by atoms with Crippen molar-refractivity contribution in [1.82, 2.24) is 25.2 Å². The molecule has 2 saturated heterocycles. The molecule has 2 amide bonds. The minimum absolute atomic E-state index is 0.0113. The van der Waals surface area contributed by atoms with Gasteiger partial charge in [0.05, 0.1) is 32.0 Å². The van der Waals surface area contributed by atoms with E-state index in [0.29, 0.717) is 36.7 Å². The number of carboxylic acid groups (broad SMARTS) is 1. The van der Waals surface area contributed by atoms with Crippen LogP contribution in [0.15, 0.2) is 36.4 Å². The molecule has 44 heavy (non-hydrogen) atoms. The van der Waals surface area contributed by atoms with Crippen molar-refractivity contribution in [2.24, 2.45) is 0 Å². The Morgan fingerprint density at radius 2 is 1.84 bits per heavy atom. The van der Waals surface area contributed by atoms with Gasteiger partial charge in [-0.15, -0.1) is 5.06 Å². The highest BCUT2D eigenvalue weighted by Crippen LogP contribution is 2.43. The highest BCUT2D eigenvalue weighted by molar-refractivity contribution is 7.52. The van der Waals surface area contributed by atoms with Crippen LogP contribution >= 0.6 is 7.60 Å². The molecule has 3 N–H and O–H groups in total. The van der Waals surface area contributed by atoms with Crippen LogP contribution in [0.25, 0.3) is 11.4 Å². The zero-order valence-electron chi connectivity index (χ0n) is 24.8. The van der Waals surface area contributed by atoms with Gasteiger partial charge in [-0.25, -0.2) is 14.8 Å². The molecule has 1 aromatic carbocycles. The van der Waals surface area contributed by atoms with Gasteiger partial charge in [0.25, 0.3) is 5.91 Å². The summed E-state index contributed by atoms with van der Waals surface area (Å²) in [5.74, 6) is -0.520. The van der Waals surface area contributed by atoms with Crippen LogP contribution in [0.1, 0.15) is 36.7 Å². The first kappa shape index (κ1) is 33.3. The zero-order valence-corrected chi connectivity index (χ0v) is 25.7. The smallest absolute Gasteiger partial charge is 0.448 e. The van der Waals surface area contributed by atoms with Gasteiger partial charge in [-0.05, 0) is 12.8 Å². The van der Waals surface area contributed by atoms with Crippen LogP contribution in [0.3, 0.4) is 0 Å². The van der Waals surface area contributed by atoms with Crippen LogP contribution in [0.5, 0.6) is 0 Å². The lowest BCUT2D eigenvalue weighted by Crippen LogP contribution is -2.56. The molecule has 0 spiro atoms. The van der Waals surface area contributed by atoms with E-state index < -0.39 is 37.8 Å². The molecule has 2 aromatic rings. The number of nitrogens with zero attached hydrogens (tertiary/aromatic N) is 5. The number of benzene rings is 1. The second-order valence-corrected chi connectivity index (χ2v) is 12.4. The predicted molar refractivity (Wildman–Crippen MR) is 159 cm³/mol. The van der Waals surface area contributed by atoms with Gasteiger partial charge in [0.2, 0.25) is 5.91 Å². The lowest BCUT2D eigenvalue weighted by molar-refractivity contribution is -0.154. The molecule has 240 valence electrons. The zero-order chi connectivity index (χ0) is 31.7. The van der Waals surface area contributed by atoms with Gasteiger partial charge in [-0.3, -0.25) is 14.2 Å². The van der Waals surface area contributed by atoms with E-state index in [9.17, 15) is 23.8 Å². The lowest BCUT2D eigenvalue weighted by atomic mass is 10.2. The van der Waals surface area contributed by atoms with E-state index in [1.165, 1.54) is 16.0 Å². The Morgan fingerprint density at radius 3 is 2.48 bits per heavy atom. The number of aromatic nitrogens is 2. The molecule has 15 nitrogen and oxygen atoms in total. The number of hydroxylamine groups is 2. The molecule has 0 aliphatic carbocycles. The monoisotopic (exact) mass is 634 g/mol. The summed E-state index contributed by atoms with van der Waals surface area (Å²) in [6.07, 6.45) is -0.0353. The number of hydrogen-bond acceptors (Lipinski definition) is 11. The fourth-order valence-electron chi connectivity index (χ4n) is 4.94. The number of carbonyl (C=O) groups excluding carboxylic acids is 2. The van der Waals surface area contributed by atoms with Crippen molar-refractivity contribution >= 4 is 31.4 Å². The maximum Gasteiger partial charge on any atom is 0.525 e. The van der Waals surface area contributed by atoms with Gasteiger partial charge in [0, 0.05) is 44.9 Å². The first-order valence-electron chi connectivity index (χ1n) is 14.5. The number of ether oxygens (including phenoxy) is 1. The molecule has 4 rings (SSSR count). The Hall–Kier alpha value is -3.62. The van der Waals surface area contributed by atoms with E-state index >= 15 is 0 Å². The molecule has 2 aliphatic heterocycles. The average Bonchev–Trinajstić information content (AvgIpc) is 3.50. The summed E-state index contributed by atoms with van der Waals surface area (Å²) in [5, 5.41) is 12.7. The number of piperazine rings is 1. The van der Waals surface area contributed by atoms with Crippen molar-refractivity contribution in [3.63, 3.8) is 0 Å². The molecular formula is C28H39N6O9P. The van der Waals surface area contributed by atoms with Crippen molar-refractivity contribution in [2.75, 3.05) is 64.0 Å². The van der Waals surface area contributed by atoms with Crippen molar-refractivity contribution in [3.05, 3.63) is 42.1 Å². The Morgan fingerprint density at radius 1 is 1.11 bits per heavy atom. The third kappa shape index (κ3) is 9.19. The Balaban J connectivity index is 1.59. The molecule has 1 aromatic heterocycles. The minimum atomic E-state index is -4.29. The molecule has 3 atom stereocenters. The highest BCUT2D eigenvalue weighted by Gasteiger charge is 2.36. The highest BCUT2D eigenvalue weighted by atomic mass is 31.2. The number of hydrogen-bond donors (Lipinski definition) is 3. The summed E-state index contributed by atoms with van der Waals surface area (Å²) in [6.45, 7) is 3.51. The van der Waals surface area contributed by atoms with Crippen LogP contribution in [-0.2, 0) is 23.5 Å². The molecule has 3 heterocycles. The number of nitrogens with one attached hydrogen (secondary N) is 1. The van der Waals surface area contributed by atoms with Crippen LogP contribution in [0.4, 0.5) is 10.6 Å². The van der Waals surface area contributed by atoms with Gasteiger partial charge in [-0.1, -0.05) is 43.7 Å². The fourth-order valence-corrected chi connectivity index (χ4v) is 6.17. The second-order valence-electron chi connectivity index (χ2n) is 10.5. The quantitative estimate of drug-likeness (QED) is 0.216. The molecular weight excluding hydrogens is 595 g/mol. The fraction of sp³-hybridized carbons (Fsp3) is 0.536. The van der Waals surface area contributed by atoms with Crippen LogP contribution < -0.4 is 10.2 Å². The van der Waals surface area contributed by atoms with Crippen LogP contribution in [-0.4, -0.2) is 119 Å². The Labute approximate surface area is 255 Å². The first-order valence-corrected chi connectivity index (χ1v) is 16.3. The van der Waals surface area contributed by atoms with Crippen molar-refractivity contribution in [2.45, 2.75) is 38.3 Å². The summed E-state index contributed by atoms with van der Waals surface area (Å²) >= 11 is 0. The Bertz CT molecular complexity index is 1340. The number of rotatable bonds is 13. The van der Waals surface area contributed by atoms with Crippen LogP contribution in [0.2, 0.25) is 0 Å². The van der Waals surface area contributed by atoms with Gasteiger partial charge in [-0.2, -0.15) is 0 Å². The van der Waals surface area contributed by atoms with Crippen molar-refractivity contribution in [1.29, 1.82) is 0 Å². The SMILES string of the molecule is CCCCOP(=O)(O)C[C@H](NC(=O)c1cc(N2CC[C@H](OC)C2)nc(-c2ccccc2)n1)C(=O)N1CCN(OC(=O)O)CC1. The second kappa shape index (κ2) is 15.4. The normalized spacial score (nSPS) is 19.3. The molecule has 0 bridgehead atoms. The minimum Gasteiger partial charge on any atom is -0.448 e. The van der Waals surface area contributed by atoms with E-state index in [4.69, 9.17) is 19.4 Å². The lowest BCUT2D eigenvalue weighted by Gasteiger charge is -2.35. The van der Waals surface area contributed by atoms with Gasteiger partial charge < -0.3 is 39.2 Å². The number of anilines is 1. The van der Waals surface area contributed by atoms with E-state index in [0.717, 1.165) is 12.8 Å². The summed E-state index contributed by atoms with van der Waals surface area (Å²) in [4.78, 5) is 66.0. The number of methoxy groups -OCH3 is 1. The molecule has 16 heteroatoms. The van der Waals surface area contributed by atoms with Gasteiger partial charge >= 0.3 is 13.8 Å². The Kier molecular flexibility index (Phi) is 11.6.